The van der Waals surface area contributed by atoms with Gasteiger partial charge in [0.15, 0.2) is 0 Å². The molecule has 1 unspecified atom stereocenters. The van der Waals surface area contributed by atoms with Crippen molar-refractivity contribution in [2.24, 2.45) is 5.73 Å². The van der Waals surface area contributed by atoms with Crippen LogP contribution < -0.4 is 10.5 Å². The maximum absolute atomic E-state index is 11.7. The number of nitrogens with zero attached hydrogens (tertiary/aromatic N) is 1. The first-order valence-electron chi connectivity index (χ1n) is 5.09. The van der Waals surface area contributed by atoms with E-state index in [9.17, 15) is 8.42 Å². The Morgan fingerprint density at radius 1 is 1.53 bits per heavy atom. The van der Waals surface area contributed by atoms with Crippen LogP contribution in [0, 0.1) is 0 Å². The van der Waals surface area contributed by atoms with Crippen LogP contribution in [-0.4, -0.2) is 30.2 Å². The number of aromatic nitrogens is 1. The number of rotatable bonds is 6. The first-order valence-corrected chi connectivity index (χ1v) is 7.15. The minimum Gasteiger partial charge on any atom is -0.392 e. The molecule has 1 aromatic rings. The van der Waals surface area contributed by atoms with Gasteiger partial charge in [-0.25, -0.2) is 13.1 Å². The van der Waals surface area contributed by atoms with Crippen molar-refractivity contribution in [1.82, 2.24) is 9.71 Å². The van der Waals surface area contributed by atoms with Crippen molar-refractivity contribution in [3.05, 3.63) is 30.1 Å². The van der Waals surface area contributed by atoms with Gasteiger partial charge in [-0.1, -0.05) is 12.2 Å². The number of nitrogens with two attached hydrogens (primary N) is 1. The van der Waals surface area contributed by atoms with Gasteiger partial charge in [0.1, 0.15) is 0 Å². The highest BCUT2D eigenvalue weighted by molar-refractivity contribution is 7.89. The fourth-order valence-electron chi connectivity index (χ4n) is 1.19. The SMILES string of the molecule is CC(NS(=O)(=O)CCc1ccncc1)C(N)=S. The summed E-state index contributed by atoms with van der Waals surface area (Å²) in [5.41, 5.74) is 6.27. The summed E-state index contributed by atoms with van der Waals surface area (Å²) in [6.45, 7) is 1.62. The molecule has 94 valence electrons. The monoisotopic (exact) mass is 273 g/mol. The van der Waals surface area contributed by atoms with Gasteiger partial charge in [-0.15, -0.1) is 0 Å². The highest BCUT2D eigenvalue weighted by Gasteiger charge is 2.15. The van der Waals surface area contributed by atoms with Crippen LogP contribution in [0.1, 0.15) is 12.5 Å². The van der Waals surface area contributed by atoms with E-state index in [1.807, 2.05) is 0 Å². The number of aryl methyl sites for hydroxylation is 1. The van der Waals surface area contributed by atoms with Gasteiger partial charge in [0.2, 0.25) is 10.0 Å². The summed E-state index contributed by atoms with van der Waals surface area (Å²) in [5.74, 6) is 0.00394. The van der Waals surface area contributed by atoms with E-state index >= 15 is 0 Å². The molecule has 1 atom stereocenters. The predicted octanol–water partition coefficient (Wildman–Crippen LogP) is 0.218. The van der Waals surface area contributed by atoms with Crippen molar-refractivity contribution < 1.29 is 8.42 Å². The largest absolute Gasteiger partial charge is 0.392 e. The van der Waals surface area contributed by atoms with E-state index in [0.29, 0.717) is 6.42 Å². The van der Waals surface area contributed by atoms with Crippen LogP contribution in [0.2, 0.25) is 0 Å². The molecule has 5 nitrogen and oxygen atoms in total. The first kappa shape index (κ1) is 14.0. The van der Waals surface area contributed by atoms with Gasteiger partial charge in [-0.05, 0) is 31.0 Å². The summed E-state index contributed by atoms with van der Waals surface area (Å²) in [7, 11) is -3.36. The van der Waals surface area contributed by atoms with Gasteiger partial charge in [-0.2, -0.15) is 0 Å². The Bertz CT molecular complexity index is 474. The van der Waals surface area contributed by atoms with Crippen LogP contribution in [0.15, 0.2) is 24.5 Å². The molecule has 0 amide bonds. The molecule has 7 heteroatoms. The second-order valence-corrected chi connectivity index (χ2v) is 6.01. The molecule has 0 fully saturated rings. The highest BCUT2D eigenvalue weighted by Crippen LogP contribution is 2.00. The molecule has 0 spiro atoms. The van der Waals surface area contributed by atoms with Gasteiger partial charge >= 0.3 is 0 Å². The third-order valence-electron chi connectivity index (χ3n) is 2.19. The Labute approximate surface area is 106 Å². The lowest BCUT2D eigenvalue weighted by Gasteiger charge is -2.12. The number of hydrogen-bond acceptors (Lipinski definition) is 4. The summed E-state index contributed by atoms with van der Waals surface area (Å²) in [6.07, 6.45) is 3.70. The zero-order valence-corrected chi connectivity index (χ0v) is 11.1. The van der Waals surface area contributed by atoms with Crippen molar-refractivity contribution in [3.63, 3.8) is 0 Å². The van der Waals surface area contributed by atoms with Gasteiger partial charge in [0.25, 0.3) is 0 Å². The molecule has 0 radical (unpaired) electrons. The highest BCUT2D eigenvalue weighted by atomic mass is 32.2. The topological polar surface area (TPSA) is 85.1 Å². The van der Waals surface area contributed by atoms with Crippen molar-refractivity contribution in [2.45, 2.75) is 19.4 Å². The Hall–Kier alpha value is -1.05. The maximum atomic E-state index is 11.7. The van der Waals surface area contributed by atoms with Crippen LogP contribution >= 0.6 is 12.2 Å². The zero-order valence-electron chi connectivity index (χ0n) is 9.46. The van der Waals surface area contributed by atoms with E-state index < -0.39 is 16.1 Å². The van der Waals surface area contributed by atoms with E-state index in [-0.39, 0.29) is 10.7 Å². The summed E-state index contributed by atoms with van der Waals surface area (Å²) < 4.78 is 25.8. The Morgan fingerprint density at radius 3 is 2.65 bits per heavy atom. The quantitative estimate of drug-likeness (QED) is 0.724. The van der Waals surface area contributed by atoms with E-state index in [0.717, 1.165) is 5.56 Å². The van der Waals surface area contributed by atoms with E-state index in [1.165, 1.54) is 0 Å². The Morgan fingerprint density at radius 2 is 2.12 bits per heavy atom. The van der Waals surface area contributed by atoms with Crippen molar-refractivity contribution in [3.8, 4) is 0 Å². The second kappa shape index (κ2) is 6.04. The maximum Gasteiger partial charge on any atom is 0.212 e. The Kier molecular flexibility index (Phi) is 4.98. The number of sulfonamides is 1. The second-order valence-electron chi connectivity index (χ2n) is 3.67. The normalized spacial score (nSPS) is 13.2. The molecule has 0 aliphatic rings. The van der Waals surface area contributed by atoms with Gasteiger partial charge in [0.05, 0.1) is 16.8 Å². The molecule has 0 aliphatic heterocycles. The molecule has 0 saturated heterocycles. The molecule has 1 heterocycles. The molecular formula is C10H15N3O2S2. The summed E-state index contributed by atoms with van der Waals surface area (Å²) in [4.78, 5) is 4.00. The van der Waals surface area contributed by atoms with Gasteiger partial charge < -0.3 is 5.73 Å². The van der Waals surface area contributed by atoms with Crippen LogP contribution in [0.25, 0.3) is 0 Å². The van der Waals surface area contributed by atoms with E-state index in [4.69, 9.17) is 18.0 Å². The minimum atomic E-state index is -3.36. The van der Waals surface area contributed by atoms with E-state index in [2.05, 4.69) is 9.71 Å². The minimum absolute atomic E-state index is 0.00394. The molecule has 17 heavy (non-hydrogen) atoms. The predicted molar refractivity (Wildman–Crippen MR) is 71.1 cm³/mol. The molecule has 3 N–H and O–H groups in total. The number of nitrogens with one attached hydrogen (secondary N) is 1. The fraction of sp³-hybridized carbons (Fsp3) is 0.400. The zero-order chi connectivity index (χ0) is 12.9. The van der Waals surface area contributed by atoms with Crippen LogP contribution in [0.5, 0.6) is 0 Å². The van der Waals surface area contributed by atoms with E-state index in [1.54, 1.807) is 31.5 Å². The lowest BCUT2D eigenvalue weighted by molar-refractivity contribution is 0.578. The average molecular weight is 273 g/mol. The molecule has 1 aromatic heterocycles. The van der Waals surface area contributed by atoms with Crippen LogP contribution in [0.3, 0.4) is 0 Å². The Balaban J connectivity index is 2.54. The standard InChI is InChI=1S/C10H15N3O2S2/c1-8(10(11)16)13-17(14,15)7-4-9-2-5-12-6-3-9/h2-3,5-6,8,13H,4,7H2,1H3,(H2,11,16). The van der Waals surface area contributed by atoms with Gasteiger partial charge in [0, 0.05) is 12.4 Å². The third-order valence-corrected chi connectivity index (χ3v) is 4.00. The molecule has 1 rings (SSSR count). The number of pyridine rings is 1. The van der Waals surface area contributed by atoms with Crippen LogP contribution in [-0.2, 0) is 16.4 Å². The van der Waals surface area contributed by atoms with Crippen molar-refractivity contribution in [2.75, 3.05) is 5.75 Å². The molecule has 0 aromatic carbocycles. The lowest BCUT2D eigenvalue weighted by atomic mass is 10.2. The third kappa shape index (κ3) is 5.20. The fourth-order valence-corrected chi connectivity index (χ4v) is 2.61. The van der Waals surface area contributed by atoms with Crippen molar-refractivity contribution >= 4 is 27.2 Å². The van der Waals surface area contributed by atoms with Crippen LogP contribution in [0.4, 0.5) is 0 Å². The summed E-state index contributed by atoms with van der Waals surface area (Å²) in [6, 6.07) is 3.05. The van der Waals surface area contributed by atoms with Crippen molar-refractivity contribution in [1.29, 1.82) is 0 Å². The molecular weight excluding hydrogens is 258 g/mol. The summed E-state index contributed by atoms with van der Waals surface area (Å²) in [5, 5.41) is 0. The number of thiocarbonyl (C=S) groups is 1. The van der Waals surface area contributed by atoms with Gasteiger partial charge in [-0.3, -0.25) is 4.98 Å². The summed E-state index contributed by atoms with van der Waals surface area (Å²) >= 11 is 4.71. The number of hydrogen-bond donors (Lipinski definition) is 2. The first-order chi connectivity index (χ1) is 7.91. The smallest absolute Gasteiger partial charge is 0.212 e. The molecule has 0 saturated carbocycles. The molecule has 0 aliphatic carbocycles. The molecule has 0 bridgehead atoms. The average Bonchev–Trinajstić information content (AvgIpc) is 2.27. The lowest BCUT2D eigenvalue weighted by Crippen LogP contribution is -2.42.